The van der Waals surface area contributed by atoms with E-state index < -0.39 is 10.0 Å². The van der Waals surface area contributed by atoms with Crippen LogP contribution in [0.25, 0.3) is 0 Å². The third-order valence-electron chi connectivity index (χ3n) is 4.60. The number of benzene rings is 2. The number of anilines is 1. The first-order valence-corrected chi connectivity index (χ1v) is 10.4. The standard InChI is InChI=1S/C19H21ClN2O3S/c1-14-10-12-22(13-11-14)26(24,25)18-8-6-17(7-9-18)21-19(23)15-2-4-16(20)5-3-15/h2-9,14H,10-13H2,1H3,(H,21,23). The Hall–Kier alpha value is -1.89. The van der Waals surface area contributed by atoms with Gasteiger partial charge in [0.1, 0.15) is 0 Å². The zero-order valence-electron chi connectivity index (χ0n) is 14.5. The zero-order chi connectivity index (χ0) is 18.7. The predicted octanol–water partition coefficient (Wildman–Crippen LogP) is 4.01. The minimum absolute atomic E-state index is 0.247. The molecule has 0 saturated carbocycles. The van der Waals surface area contributed by atoms with Crippen LogP contribution in [0.15, 0.2) is 53.4 Å². The summed E-state index contributed by atoms with van der Waals surface area (Å²) in [4.78, 5) is 12.5. The van der Waals surface area contributed by atoms with Crippen molar-refractivity contribution in [2.75, 3.05) is 18.4 Å². The van der Waals surface area contributed by atoms with E-state index in [4.69, 9.17) is 11.6 Å². The van der Waals surface area contributed by atoms with Crippen LogP contribution in [-0.2, 0) is 10.0 Å². The van der Waals surface area contributed by atoms with Crippen LogP contribution >= 0.6 is 11.6 Å². The largest absolute Gasteiger partial charge is 0.322 e. The van der Waals surface area contributed by atoms with Crippen LogP contribution in [0, 0.1) is 5.92 Å². The van der Waals surface area contributed by atoms with Crippen molar-refractivity contribution in [1.82, 2.24) is 4.31 Å². The molecule has 2 aromatic rings. The smallest absolute Gasteiger partial charge is 0.255 e. The highest BCUT2D eigenvalue weighted by Crippen LogP contribution is 2.24. The molecule has 1 amide bonds. The number of hydrogen-bond donors (Lipinski definition) is 1. The van der Waals surface area contributed by atoms with E-state index in [-0.39, 0.29) is 10.8 Å². The topological polar surface area (TPSA) is 66.5 Å². The Balaban J connectivity index is 1.70. The minimum Gasteiger partial charge on any atom is -0.322 e. The Kier molecular flexibility index (Phi) is 5.65. The third-order valence-corrected chi connectivity index (χ3v) is 6.76. The lowest BCUT2D eigenvalue weighted by Crippen LogP contribution is -2.37. The summed E-state index contributed by atoms with van der Waals surface area (Å²) >= 11 is 5.82. The van der Waals surface area contributed by atoms with Crippen LogP contribution in [0.2, 0.25) is 5.02 Å². The first-order valence-electron chi connectivity index (χ1n) is 8.53. The van der Waals surface area contributed by atoms with Crippen LogP contribution in [0.5, 0.6) is 0 Å². The Morgan fingerprint density at radius 1 is 1.04 bits per heavy atom. The van der Waals surface area contributed by atoms with E-state index in [1.807, 2.05) is 0 Å². The monoisotopic (exact) mass is 392 g/mol. The highest BCUT2D eigenvalue weighted by atomic mass is 35.5. The van der Waals surface area contributed by atoms with Crippen LogP contribution < -0.4 is 5.32 Å². The molecule has 0 atom stereocenters. The number of nitrogens with zero attached hydrogens (tertiary/aromatic N) is 1. The van der Waals surface area contributed by atoms with E-state index in [0.717, 1.165) is 12.8 Å². The Bertz CT molecular complexity index is 872. The molecule has 1 aliphatic heterocycles. The van der Waals surface area contributed by atoms with Crippen molar-refractivity contribution in [3.8, 4) is 0 Å². The molecular formula is C19H21ClN2O3S. The summed E-state index contributed by atoms with van der Waals surface area (Å²) in [6.45, 7) is 3.25. The summed E-state index contributed by atoms with van der Waals surface area (Å²) in [7, 11) is -3.48. The van der Waals surface area contributed by atoms with Gasteiger partial charge in [0.15, 0.2) is 0 Å². The first-order chi connectivity index (χ1) is 12.4. The molecule has 1 heterocycles. The van der Waals surface area contributed by atoms with Gasteiger partial charge in [0.2, 0.25) is 10.0 Å². The molecule has 0 aromatic heterocycles. The van der Waals surface area contributed by atoms with Crippen molar-refractivity contribution in [3.05, 3.63) is 59.1 Å². The number of halogens is 1. The number of amides is 1. The lowest BCUT2D eigenvalue weighted by Gasteiger charge is -2.29. The maximum Gasteiger partial charge on any atom is 0.255 e. The molecule has 0 radical (unpaired) electrons. The van der Waals surface area contributed by atoms with Crippen LogP contribution in [0.1, 0.15) is 30.1 Å². The van der Waals surface area contributed by atoms with E-state index in [1.165, 1.54) is 16.4 Å². The van der Waals surface area contributed by atoms with Crippen LogP contribution in [0.3, 0.4) is 0 Å². The number of hydrogen-bond acceptors (Lipinski definition) is 3. The van der Waals surface area contributed by atoms with E-state index >= 15 is 0 Å². The molecular weight excluding hydrogens is 372 g/mol. The number of carbonyl (C=O) groups is 1. The van der Waals surface area contributed by atoms with Gasteiger partial charge in [-0.2, -0.15) is 4.31 Å². The molecule has 0 spiro atoms. The summed E-state index contributed by atoms with van der Waals surface area (Å²) in [6.07, 6.45) is 1.77. The zero-order valence-corrected chi connectivity index (χ0v) is 16.1. The van der Waals surface area contributed by atoms with Gasteiger partial charge >= 0.3 is 0 Å². The Morgan fingerprint density at radius 2 is 1.62 bits per heavy atom. The molecule has 0 bridgehead atoms. The fourth-order valence-corrected chi connectivity index (χ4v) is 4.48. The minimum atomic E-state index is -3.48. The van der Waals surface area contributed by atoms with Crippen molar-refractivity contribution < 1.29 is 13.2 Å². The first kappa shape index (κ1) is 18.9. The summed E-state index contributed by atoms with van der Waals surface area (Å²) in [5.74, 6) is 0.286. The average molecular weight is 393 g/mol. The second kappa shape index (κ2) is 7.78. The number of sulfonamides is 1. The molecule has 0 aliphatic carbocycles. The van der Waals surface area contributed by atoms with E-state index in [1.54, 1.807) is 36.4 Å². The number of rotatable bonds is 4. The molecule has 3 rings (SSSR count). The highest BCUT2D eigenvalue weighted by molar-refractivity contribution is 7.89. The van der Waals surface area contributed by atoms with Crippen LogP contribution in [0.4, 0.5) is 5.69 Å². The van der Waals surface area contributed by atoms with E-state index in [9.17, 15) is 13.2 Å². The maximum absolute atomic E-state index is 12.7. The third kappa shape index (κ3) is 4.26. The van der Waals surface area contributed by atoms with Gasteiger partial charge in [-0.25, -0.2) is 8.42 Å². The van der Waals surface area contributed by atoms with Crippen molar-refractivity contribution in [2.24, 2.45) is 5.92 Å². The molecule has 1 aliphatic rings. The van der Waals surface area contributed by atoms with Crippen molar-refractivity contribution >= 4 is 33.2 Å². The predicted molar refractivity (Wildman–Crippen MR) is 103 cm³/mol. The highest BCUT2D eigenvalue weighted by Gasteiger charge is 2.27. The molecule has 1 fully saturated rings. The van der Waals surface area contributed by atoms with Gasteiger partial charge in [-0.15, -0.1) is 0 Å². The molecule has 5 nitrogen and oxygen atoms in total. The Morgan fingerprint density at radius 3 is 2.19 bits per heavy atom. The van der Waals surface area contributed by atoms with Crippen molar-refractivity contribution in [3.63, 3.8) is 0 Å². The molecule has 7 heteroatoms. The molecule has 26 heavy (non-hydrogen) atoms. The summed E-state index contributed by atoms with van der Waals surface area (Å²) < 4.78 is 26.9. The van der Waals surface area contributed by atoms with Gasteiger partial charge in [0, 0.05) is 29.4 Å². The molecule has 138 valence electrons. The fourth-order valence-electron chi connectivity index (χ4n) is 2.89. The van der Waals surface area contributed by atoms with Gasteiger partial charge in [0.05, 0.1) is 4.90 Å². The SMILES string of the molecule is CC1CCN(S(=O)(=O)c2ccc(NC(=O)c3ccc(Cl)cc3)cc2)CC1. The number of carbonyl (C=O) groups excluding carboxylic acids is 1. The second-order valence-electron chi connectivity index (χ2n) is 6.57. The van der Waals surface area contributed by atoms with E-state index in [2.05, 4.69) is 12.2 Å². The lowest BCUT2D eigenvalue weighted by molar-refractivity contribution is 0.102. The fraction of sp³-hybridized carbons (Fsp3) is 0.316. The maximum atomic E-state index is 12.7. The molecule has 1 saturated heterocycles. The van der Waals surface area contributed by atoms with Gasteiger partial charge in [-0.3, -0.25) is 4.79 Å². The summed E-state index contributed by atoms with van der Waals surface area (Å²) in [5, 5.41) is 3.31. The van der Waals surface area contributed by atoms with Crippen molar-refractivity contribution in [2.45, 2.75) is 24.7 Å². The molecule has 0 unspecified atom stereocenters. The average Bonchev–Trinajstić information content (AvgIpc) is 2.63. The van der Waals surface area contributed by atoms with E-state index in [0.29, 0.717) is 35.3 Å². The number of piperidine rings is 1. The van der Waals surface area contributed by atoms with Crippen molar-refractivity contribution in [1.29, 1.82) is 0 Å². The quantitative estimate of drug-likeness (QED) is 0.854. The van der Waals surface area contributed by atoms with Gasteiger partial charge in [0.25, 0.3) is 5.91 Å². The van der Waals surface area contributed by atoms with Gasteiger partial charge in [-0.05, 0) is 67.3 Å². The molecule has 1 N–H and O–H groups in total. The van der Waals surface area contributed by atoms with Gasteiger partial charge < -0.3 is 5.32 Å². The summed E-state index contributed by atoms with van der Waals surface area (Å²) in [6, 6.07) is 12.8. The van der Waals surface area contributed by atoms with Gasteiger partial charge in [-0.1, -0.05) is 18.5 Å². The summed E-state index contributed by atoms with van der Waals surface area (Å²) in [5.41, 5.74) is 1.02. The van der Waals surface area contributed by atoms with Crippen LogP contribution in [-0.4, -0.2) is 31.7 Å². The Labute approximate surface area is 159 Å². The molecule has 2 aromatic carbocycles. The lowest BCUT2D eigenvalue weighted by atomic mass is 10.0. The number of nitrogens with one attached hydrogen (secondary N) is 1. The second-order valence-corrected chi connectivity index (χ2v) is 8.95. The normalized spacial score (nSPS) is 16.4.